The fourth-order valence-corrected chi connectivity index (χ4v) is 5.71. The smallest absolute Gasteiger partial charge is 0.251 e. The van der Waals surface area contributed by atoms with Gasteiger partial charge in [0.2, 0.25) is 0 Å². The summed E-state index contributed by atoms with van der Waals surface area (Å²) in [6.07, 6.45) is 2.86. The number of carbonyl (C=O) groups excluding carboxylic acids is 1. The van der Waals surface area contributed by atoms with Gasteiger partial charge in [0.05, 0.1) is 10.3 Å². The molecule has 6 heteroatoms. The van der Waals surface area contributed by atoms with Crippen molar-refractivity contribution in [2.24, 2.45) is 0 Å². The van der Waals surface area contributed by atoms with E-state index in [1.807, 2.05) is 23.1 Å². The Labute approximate surface area is 140 Å². The predicted octanol–water partition coefficient (Wildman–Crippen LogP) is 2.90. The third-order valence-corrected chi connectivity index (χ3v) is 6.67. The topological polar surface area (TPSA) is 41.6 Å². The van der Waals surface area contributed by atoms with Crippen molar-refractivity contribution in [2.75, 3.05) is 20.6 Å². The first-order valence-electron chi connectivity index (χ1n) is 7.88. The molecule has 0 aliphatic carbocycles. The molecule has 0 saturated carbocycles. The number of hydrogen-bond donors (Lipinski definition) is 1. The molecule has 1 saturated heterocycles. The molecule has 3 heterocycles. The van der Waals surface area contributed by atoms with Crippen molar-refractivity contribution >= 4 is 29.0 Å². The summed E-state index contributed by atoms with van der Waals surface area (Å²) in [7, 11) is 3.58. The Morgan fingerprint density at radius 2 is 2.27 bits per heavy atom. The summed E-state index contributed by atoms with van der Waals surface area (Å²) in [6.45, 7) is 3.12. The van der Waals surface area contributed by atoms with E-state index in [9.17, 15) is 4.79 Å². The van der Waals surface area contributed by atoms with Crippen LogP contribution in [0.15, 0.2) is 15.7 Å². The van der Waals surface area contributed by atoms with Gasteiger partial charge in [0.15, 0.2) is 0 Å². The summed E-state index contributed by atoms with van der Waals surface area (Å²) in [5, 5.41) is 6.50. The first-order chi connectivity index (χ1) is 10.5. The van der Waals surface area contributed by atoms with Crippen LogP contribution >= 0.6 is 23.1 Å². The molecule has 1 N–H and O–H groups in total. The number of rotatable bonds is 4. The summed E-state index contributed by atoms with van der Waals surface area (Å²) in [4.78, 5) is 13.6. The molecule has 1 aromatic heterocycles. The maximum absolute atomic E-state index is 11.9. The quantitative estimate of drug-likeness (QED) is 0.915. The van der Waals surface area contributed by atoms with Gasteiger partial charge in [0.1, 0.15) is 6.10 Å². The maximum atomic E-state index is 11.9. The molecule has 3 rings (SSSR count). The molecule has 0 aromatic carbocycles. The lowest BCUT2D eigenvalue weighted by atomic mass is 10.0. The van der Waals surface area contributed by atoms with Crippen molar-refractivity contribution in [3.8, 4) is 0 Å². The van der Waals surface area contributed by atoms with Crippen LogP contribution in [0.5, 0.6) is 0 Å². The Balaban J connectivity index is 1.53. The number of thioether (sulfide) groups is 1. The van der Waals surface area contributed by atoms with Crippen molar-refractivity contribution < 1.29 is 9.53 Å². The van der Waals surface area contributed by atoms with Gasteiger partial charge in [-0.1, -0.05) is 6.92 Å². The second-order valence-electron chi connectivity index (χ2n) is 6.35. The number of ether oxygens (including phenoxy) is 1. The fourth-order valence-electron chi connectivity index (χ4n) is 3.14. The minimum absolute atomic E-state index is 0.0882. The first kappa shape index (κ1) is 16.3. The number of hydrogen-bond acceptors (Lipinski definition) is 5. The van der Waals surface area contributed by atoms with Crippen molar-refractivity contribution in [3.63, 3.8) is 0 Å². The Morgan fingerprint density at radius 3 is 3.05 bits per heavy atom. The van der Waals surface area contributed by atoms with Crippen molar-refractivity contribution in [1.29, 1.82) is 0 Å². The summed E-state index contributed by atoms with van der Waals surface area (Å²) in [5.74, 6) is 0.0882. The summed E-state index contributed by atoms with van der Waals surface area (Å²) < 4.78 is 7.36. The highest BCUT2D eigenvalue weighted by molar-refractivity contribution is 8.01. The number of thiophene rings is 1. The molecule has 0 radical (unpaired) electrons. The molecule has 2 aliphatic heterocycles. The van der Waals surface area contributed by atoms with E-state index < -0.39 is 0 Å². The van der Waals surface area contributed by atoms with Crippen LogP contribution in [0.4, 0.5) is 0 Å². The zero-order chi connectivity index (χ0) is 15.7. The molecular formula is C16H24N2O2S2. The molecule has 1 amide bonds. The number of fused-ring (bicyclic) bond motifs is 1. The van der Waals surface area contributed by atoms with Gasteiger partial charge in [-0.2, -0.15) is 0 Å². The largest absolute Gasteiger partial charge is 0.364 e. The highest BCUT2D eigenvalue weighted by Crippen LogP contribution is 2.43. The lowest BCUT2D eigenvalue weighted by Gasteiger charge is -2.28. The standard InChI is InChI=1S/C16H24N2O2S2/c1-10-8-13(12-6-7-21-16(12)22-10)17-9-11-4-5-14(20-11)15(19)18(2)3/h6-7,10-11,13-14,17H,4-5,8-9H2,1-3H3/t10-,11+,13-,14+/m0/s1. The molecule has 2 aliphatic rings. The van der Waals surface area contributed by atoms with Crippen molar-refractivity contribution in [2.45, 2.75) is 53.9 Å². The molecular weight excluding hydrogens is 316 g/mol. The van der Waals surface area contributed by atoms with Crippen LogP contribution in [0.25, 0.3) is 0 Å². The number of nitrogens with zero attached hydrogens (tertiary/aromatic N) is 1. The summed E-state index contributed by atoms with van der Waals surface area (Å²) in [6, 6.07) is 2.66. The second-order valence-corrected chi connectivity index (χ2v) is 8.97. The van der Waals surface area contributed by atoms with Crippen LogP contribution in [0.1, 0.15) is 37.8 Å². The fraction of sp³-hybridized carbons (Fsp3) is 0.688. The zero-order valence-corrected chi connectivity index (χ0v) is 15.0. The van der Waals surface area contributed by atoms with Crippen molar-refractivity contribution in [3.05, 3.63) is 17.0 Å². The van der Waals surface area contributed by atoms with E-state index in [-0.39, 0.29) is 18.1 Å². The molecule has 0 spiro atoms. The molecule has 0 unspecified atom stereocenters. The van der Waals surface area contributed by atoms with Crippen LogP contribution < -0.4 is 5.32 Å². The van der Waals surface area contributed by atoms with Crippen LogP contribution in [-0.4, -0.2) is 48.9 Å². The Bertz CT molecular complexity index is 532. The Hall–Kier alpha value is -0.560. The molecule has 4 nitrogen and oxygen atoms in total. The van der Waals surface area contributed by atoms with Crippen LogP contribution in [0.2, 0.25) is 0 Å². The van der Waals surface area contributed by atoms with E-state index in [0.717, 1.165) is 25.8 Å². The van der Waals surface area contributed by atoms with Crippen molar-refractivity contribution in [1.82, 2.24) is 10.2 Å². The Kier molecular flexibility index (Phi) is 5.12. The first-order valence-corrected chi connectivity index (χ1v) is 9.64. The van der Waals surface area contributed by atoms with Gasteiger partial charge in [0.25, 0.3) is 5.91 Å². The van der Waals surface area contributed by atoms with Crippen LogP contribution in [0, 0.1) is 0 Å². The Morgan fingerprint density at radius 1 is 1.45 bits per heavy atom. The average molecular weight is 341 g/mol. The number of nitrogens with one attached hydrogen (secondary N) is 1. The van der Waals surface area contributed by atoms with E-state index >= 15 is 0 Å². The third kappa shape index (κ3) is 3.50. The van der Waals surface area contributed by atoms with Crippen LogP contribution in [0.3, 0.4) is 0 Å². The van der Waals surface area contributed by atoms with Gasteiger partial charge in [-0.3, -0.25) is 4.79 Å². The number of carbonyl (C=O) groups is 1. The van der Waals surface area contributed by atoms with Crippen LogP contribution in [-0.2, 0) is 9.53 Å². The third-order valence-electron chi connectivity index (χ3n) is 4.33. The van der Waals surface area contributed by atoms with E-state index in [1.54, 1.807) is 19.0 Å². The highest BCUT2D eigenvalue weighted by atomic mass is 32.2. The normalized spacial score (nSPS) is 31.0. The molecule has 1 fully saturated rings. The zero-order valence-electron chi connectivity index (χ0n) is 13.4. The SMILES string of the molecule is C[C@H]1C[C@H](NC[C@H]2CC[C@H](C(=O)N(C)C)O2)c2ccsc2S1. The lowest BCUT2D eigenvalue weighted by Crippen LogP contribution is -2.36. The monoisotopic (exact) mass is 340 g/mol. The molecule has 0 bridgehead atoms. The summed E-state index contributed by atoms with van der Waals surface area (Å²) in [5.41, 5.74) is 1.44. The molecule has 1 aromatic rings. The summed E-state index contributed by atoms with van der Waals surface area (Å²) >= 11 is 3.83. The van der Waals surface area contributed by atoms with Gasteiger partial charge in [-0.25, -0.2) is 0 Å². The maximum Gasteiger partial charge on any atom is 0.251 e. The predicted molar refractivity (Wildman–Crippen MR) is 91.6 cm³/mol. The minimum Gasteiger partial charge on any atom is -0.364 e. The average Bonchev–Trinajstić information content (AvgIpc) is 3.12. The minimum atomic E-state index is -0.251. The van der Waals surface area contributed by atoms with Gasteiger partial charge in [-0.15, -0.1) is 23.1 Å². The number of amides is 1. The molecule has 4 atom stereocenters. The van der Waals surface area contributed by atoms with E-state index in [4.69, 9.17) is 4.74 Å². The van der Waals surface area contributed by atoms with E-state index in [2.05, 4.69) is 23.7 Å². The molecule has 122 valence electrons. The van der Waals surface area contributed by atoms with E-state index in [1.165, 1.54) is 9.77 Å². The lowest BCUT2D eigenvalue weighted by molar-refractivity contribution is -0.140. The molecule has 22 heavy (non-hydrogen) atoms. The van der Waals surface area contributed by atoms with Gasteiger partial charge >= 0.3 is 0 Å². The highest BCUT2D eigenvalue weighted by Gasteiger charge is 2.33. The van der Waals surface area contributed by atoms with E-state index in [0.29, 0.717) is 11.3 Å². The van der Waals surface area contributed by atoms with Gasteiger partial charge < -0.3 is 15.0 Å². The van der Waals surface area contributed by atoms with Gasteiger partial charge in [0, 0.05) is 31.9 Å². The number of likely N-dealkylation sites (N-methyl/N-ethyl adjacent to an activating group) is 1. The second kappa shape index (κ2) is 6.91. The van der Waals surface area contributed by atoms with Gasteiger partial charge in [-0.05, 0) is 36.3 Å².